The lowest BCUT2D eigenvalue weighted by atomic mass is 10.2. The molecule has 1 aromatic carbocycles. The lowest BCUT2D eigenvalue weighted by Crippen LogP contribution is -2.30. The zero-order valence-electron chi connectivity index (χ0n) is 9.66. The van der Waals surface area contributed by atoms with Gasteiger partial charge in [0.2, 0.25) is 0 Å². The van der Waals surface area contributed by atoms with Crippen LogP contribution in [0.25, 0.3) is 11.1 Å². The predicted molar refractivity (Wildman–Crippen MR) is 64.1 cm³/mol. The molecule has 0 fully saturated rings. The lowest BCUT2D eigenvalue weighted by Gasteiger charge is -2.07. The maximum Gasteiger partial charge on any atom is 0.192 e. The van der Waals surface area contributed by atoms with Crippen molar-refractivity contribution in [2.75, 3.05) is 6.54 Å². The standard InChI is InChI=1S/C12H17N3O/c1-8(13)6-14-7-10-3-4-12-11(5-10)15-9(2)16-12/h3-5,8,14H,6-7,13H2,1-2H3. The number of nitrogens with zero attached hydrogens (tertiary/aromatic N) is 1. The Morgan fingerprint density at radius 1 is 1.50 bits per heavy atom. The van der Waals surface area contributed by atoms with Gasteiger partial charge in [-0.05, 0) is 24.6 Å². The SMILES string of the molecule is Cc1nc2cc(CNCC(C)N)ccc2o1. The van der Waals surface area contributed by atoms with E-state index in [2.05, 4.69) is 10.3 Å². The molecule has 4 nitrogen and oxygen atoms in total. The van der Waals surface area contributed by atoms with E-state index in [9.17, 15) is 0 Å². The number of hydrogen-bond acceptors (Lipinski definition) is 4. The summed E-state index contributed by atoms with van der Waals surface area (Å²) in [5.41, 5.74) is 8.61. The molecule has 1 atom stereocenters. The van der Waals surface area contributed by atoms with Crippen LogP contribution < -0.4 is 11.1 Å². The van der Waals surface area contributed by atoms with E-state index in [0.717, 1.165) is 24.2 Å². The number of oxazole rings is 1. The number of nitrogens with two attached hydrogens (primary N) is 1. The minimum absolute atomic E-state index is 0.179. The van der Waals surface area contributed by atoms with E-state index in [1.165, 1.54) is 5.56 Å². The summed E-state index contributed by atoms with van der Waals surface area (Å²) >= 11 is 0. The summed E-state index contributed by atoms with van der Waals surface area (Å²) in [7, 11) is 0. The van der Waals surface area contributed by atoms with Gasteiger partial charge in [0.25, 0.3) is 0 Å². The average Bonchev–Trinajstić information content (AvgIpc) is 2.56. The van der Waals surface area contributed by atoms with E-state index in [0.29, 0.717) is 5.89 Å². The van der Waals surface area contributed by atoms with Gasteiger partial charge in [0.05, 0.1) is 0 Å². The Kier molecular flexibility index (Phi) is 3.22. The zero-order valence-corrected chi connectivity index (χ0v) is 9.66. The summed E-state index contributed by atoms with van der Waals surface area (Å²) < 4.78 is 5.41. The van der Waals surface area contributed by atoms with Crippen LogP contribution in [0.15, 0.2) is 22.6 Å². The van der Waals surface area contributed by atoms with Gasteiger partial charge in [-0.15, -0.1) is 0 Å². The van der Waals surface area contributed by atoms with Crippen LogP contribution in [0.4, 0.5) is 0 Å². The van der Waals surface area contributed by atoms with Crippen LogP contribution in [-0.2, 0) is 6.54 Å². The first kappa shape index (κ1) is 11.1. The topological polar surface area (TPSA) is 64.1 Å². The highest BCUT2D eigenvalue weighted by Crippen LogP contribution is 2.16. The largest absolute Gasteiger partial charge is 0.441 e. The van der Waals surface area contributed by atoms with Gasteiger partial charge in [0.15, 0.2) is 11.5 Å². The van der Waals surface area contributed by atoms with Gasteiger partial charge >= 0.3 is 0 Å². The fourth-order valence-corrected chi connectivity index (χ4v) is 1.64. The number of hydrogen-bond donors (Lipinski definition) is 2. The molecule has 0 bridgehead atoms. The molecular formula is C12H17N3O. The second kappa shape index (κ2) is 4.63. The molecule has 0 saturated heterocycles. The molecule has 16 heavy (non-hydrogen) atoms. The Morgan fingerprint density at radius 3 is 3.06 bits per heavy atom. The molecule has 1 aromatic heterocycles. The molecule has 0 spiro atoms. The second-order valence-corrected chi connectivity index (χ2v) is 4.14. The van der Waals surface area contributed by atoms with Crippen molar-refractivity contribution < 1.29 is 4.42 Å². The van der Waals surface area contributed by atoms with Gasteiger partial charge < -0.3 is 15.5 Å². The van der Waals surface area contributed by atoms with E-state index in [1.54, 1.807) is 0 Å². The number of benzene rings is 1. The van der Waals surface area contributed by atoms with Crippen molar-refractivity contribution in [3.8, 4) is 0 Å². The highest BCUT2D eigenvalue weighted by Gasteiger charge is 2.03. The summed E-state index contributed by atoms with van der Waals surface area (Å²) in [5.74, 6) is 0.704. The molecule has 0 saturated carbocycles. The van der Waals surface area contributed by atoms with Crippen molar-refractivity contribution in [1.82, 2.24) is 10.3 Å². The Hall–Kier alpha value is -1.39. The number of aryl methyl sites for hydroxylation is 1. The number of rotatable bonds is 4. The summed E-state index contributed by atoms with van der Waals surface area (Å²) in [6, 6.07) is 6.22. The number of aromatic nitrogens is 1. The van der Waals surface area contributed by atoms with Gasteiger partial charge in [-0.3, -0.25) is 0 Å². The summed E-state index contributed by atoms with van der Waals surface area (Å²) in [4.78, 5) is 4.30. The van der Waals surface area contributed by atoms with Crippen molar-refractivity contribution in [3.63, 3.8) is 0 Å². The molecule has 4 heteroatoms. The first-order chi connectivity index (χ1) is 7.65. The van der Waals surface area contributed by atoms with E-state index in [4.69, 9.17) is 10.2 Å². The minimum atomic E-state index is 0.179. The third kappa shape index (κ3) is 2.59. The molecule has 1 heterocycles. The van der Waals surface area contributed by atoms with Crippen molar-refractivity contribution >= 4 is 11.1 Å². The number of fused-ring (bicyclic) bond motifs is 1. The Labute approximate surface area is 94.8 Å². The predicted octanol–water partition coefficient (Wildman–Crippen LogP) is 1.57. The molecular weight excluding hydrogens is 202 g/mol. The van der Waals surface area contributed by atoms with Gasteiger partial charge in [-0.2, -0.15) is 0 Å². The first-order valence-electron chi connectivity index (χ1n) is 5.47. The van der Waals surface area contributed by atoms with Crippen molar-refractivity contribution in [2.45, 2.75) is 26.4 Å². The van der Waals surface area contributed by atoms with E-state index in [1.807, 2.05) is 32.0 Å². The molecule has 1 unspecified atom stereocenters. The van der Waals surface area contributed by atoms with Crippen LogP contribution in [-0.4, -0.2) is 17.6 Å². The zero-order chi connectivity index (χ0) is 11.5. The van der Waals surface area contributed by atoms with E-state index < -0.39 is 0 Å². The highest BCUT2D eigenvalue weighted by molar-refractivity contribution is 5.73. The second-order valence-electron chi connectivity index (χ2n) is 4.14. The Morgan fingerprint density at radius 2 is 2.31 bits per heavy atom. The fourth-order valence-electron chi connectivity index (χ4n) is 1.64. The van der Waals surface area contributed by atoms with Crippen molar-refractivity contribution in [1.29, 1.82) is 0 Å². The summed E-state index contributed by atoms with van der Waals surface area (Å²) in [6.45, 7) is 5.46. The summed E-state index contributed by atoms with van der Waals surface area (Å²) in [5, 5.41) is 3.29. The van der Waals surface area contributed by atoms with E-state index >= 15 is 0 Å². The van der Waals surface area contributed by atoms with Crippen LogP contribution in [0.3, 0.4) is 0 Å². The molecule has 0 aliphatic carbocycles. The maximum absolute atomic E-state index is 5.66. The smallest absolute Gasteiger partial charge is 0.192 e. The molecule has 0 aliphatic heterocycles. The molecule has 3 N–H and O–H groups in total. The fraction of sp³-hybridized carbons (Fsp3) is 0.417. The van der Waals surface area contributed by atoms with Gasteiger partial charge in [-0.25, -0.2) is 4.98 Å². The lowest BCUT2D eigenvalue weighted by molar-refractivity contribution is 0.561. The molecule has 0 aliphatic rings. The third-order valence-electron chi connectivity index (χ3n) is 2.35. The normalized spacial score (nSPS) is 13.2. The maximum atomic E-state index is 5.66. The molecule has 0 radical (unpaired) electrons. The molecule has 0 amide bonds. The van der Waals surface area contributed by atoms with Gasteiger partial charge in [0.1, 0.15) is 5.52 Å². The van der Waals surface area contributed by atoms with Crippen LogP contribution >= 0.6 is 0 Å². The third-order valence-corrected chi connectivity index (χ3v) is 2.35. The Bertz CT molecular complexity index is 476. The van der Waals surface area contributed by atoms with Crippen LogP contribution in [0.5, 0.6) is 0 Å². The Balaban J connectivity index is 2.07. The quantitative estimate of drug-likeness (QED) is 0.819. The van der Waals surface area contributed by atoms with Crippen molar-refractivity contribution in [3.05, 3.63) is 29.7 Å². The highest BCUT2D eigenvalue weighted by atomic mass is 16.3. The number of nitrogens with one attached hydrogen (secondary N) is 1. The van der Waals surface area contributed by atoms with Crippen LogP contribution in [0.2, 0.25) is 0 Å². The summed E-state index contributed by atoms with van der Waals surface area (Å²) in [6.07, 6.45) is 0. The molecule has 2 rings (SSSR count). The van der Waals surface area contributed by atoms with Crippen LogP contribution in [0.1, 0.15) is 18.4 Å². The molecule has 86 valence electrons. The first-order valence-corrected chi connectivity index (χ1v) is 5.47. The van der Waals surface area contributed by atoms with Crippen molar-refractivity contribution in [2.24, 2.45) is 5.73 Å². The van der Waals surface area contributed by atoms with Crippen LogP contribution in [0, 0.1) is 6.92 Å². The molecule has 2 aromatic rings. The monoisotopic (exact) mass is 219 g/mol. The average molecular weight is 219 g/mol. The van der Waals surface area contributed by atoms with E-state index in [-0.39, 0.29) is 6.04 Å². The minimum Gasteiger partial charge on any atom is -0.441 e. The van der Waals surface area contributed by atoms with Gasteiger partial charge in [0, 0.05) is 26.1 Å². The van der Waals surface area contributed by atoms with Gasteiger partial charge in [-0.1, -0.05) is 6.07 Å².